The van der Waals surface area contributed by atoms with Gasteiger partial charge >= 0.3 is 5.97 Å². The molecule has 4 nitrogen and oxygen atoms in total. The summed E-state index contributed by atoms with van der Waals surface area (Å²) in [7, 11) is 0. The Kier molecular flexibility index (Phi) is 3.43. The van der Waals surface area contributed by atoms with Crippen molar-refractivity contribution in [2.75, 3.05) is 5.32 Å². The number of rotatable bonds is 2. The summed E-state index contributed by atoms with van der Waals surface area (Å²) in [5.41, 5.74) is 5.97. The van der Waals surface area contributed by atoms with E-state index in [1.165, 1.54) is 12.1 Å². The molecule has 0 saturated carbocycles. The van der Waals surface area contributed by atoms with Gasteiger partial charge in [-0.25, -0.2) is 4.79 Å². The first-order valence-electron chi connectivity index (χ1n) is 3.59. The second-order valence-corrected chi connectivity index (χ2v) is 3.88. The lowest BCUT2D eigenvalue weighted by Crippen LogP contribution is -2.19. The van der Waals surface area contributed by atoms with Crippen molar-refractivity contribution in [3.63, 3.8) is 0 Å². The van der Waals surface area contributed by atoms with Gasteiger partial charge in [-0.15, -0.1) is 0 Å². The Bertz CT molecular complexity index is 395. The van der Waals surface area contributed by atoms with Gasteiger partial charge in [-0.2, -0.15) is 0 Å². The molecule has 1 rings (SSSR count). The lowest BCUT2D eigenvalue weighted by atomic mass is 10.2. The summed E-state index contributed by atoms with van der Waals surface area (Å²) in [6.07, 6.45) is 0. The van der Waals surface area contributed by atoms with Crippen LogP contribution in [0.2, 0.25) is 0 Å². The van der Waals surface area contributed by atoms with Crippen molar-refractivity contribution in [2.45, 2.75) is 0 Å². The Hall–Kier alpha value is -1.14. The number of benzene rings is 1. The fourth-order valence-electron chi connectivity index (χ4n) is 0.928. The van der Waals surface area contributed by atoms with Gasteiger partial charge in [0.1, 0.15) is 0 Å². The normalized spacial score (nSPS) is 9.50. The molecule has 0 heterocycles. The predicted octanol–water partition coefficient (Wildman–Crippen LogP) is 1.80. The maximum absolute atomic E-state index is 10.7. The molecule has 0 aliphatic carbocycles. The minimum absolute atomic E-state index is 0.0967. The first kappa shape index (κ1) is 10.9. The Morgan fingerprint density at radius 1 is 1.50 bits per heavy atom. The molecule has 0 fully saturated rings. The number of halogens is 1. The van der Waals surface area contributed by atoms with Gasteiger partial charge in [0.15, 0.2) is 5.11 Å². The number of carboxylic acids is 1. The predicted molar refractivity (Wildman–Crippen MR) is 61.5 cm³/mol. The van der Waals surface area contributed by atoms with Crippen LogP contribution in [-0.4, -0.2) is 16.2 Å². The first-order chi connectivity index (χ1) is 6.49. The number of hydrogen-bond donors (Lipinski definition) is 3. The van der Waals surface area contributed by atoms with Crippen molar-refractivity contribution in [3.05, 3.63) is 28.2 Å². The van der Waals surface area contributed by atoms with Gasteiger partial charge in [-0.05, 0) is 30.4 Å². The molecule has 0 bridgehead atoms. The maximum Gasteiger partial charge on any atom is 0.335 e. The quantitative estimate of drug-likeness (QED) is 0.718. The van der Waals surface area contributed by atoms with E-state index in [1.54, 1.807) is 6.07 Å². The average molecular weight is 275 g/mol. The third-order valence-corrected chi connectivity index (χ3v) is 1.97. The van der Waals surface area contributed by atoms with Gasteiger partial charge < -0.3 is 16.2 Å². The van der Waals surface area contributed by atoms with Crippen LogP contribution >= 0.6 is 28.1 Å². The number of aromatic carboxylic acids is 1. The van der Waals surface area contributed by atoms with Crippen molar-refractivity contribution >= 4 is 44.9 Å². The molecular weight excluding hydrogens is 268 g/mol. The number of carbonyl (C=O) groups is 1. The zero-order chi connectivity index (χ0) is 10.7. The molecule has 1 aromatic rings. The zero-order valence-corrected chi connectivity index (χ0v) is 9.35. The van der Waals surface area contributed by atoms with Crippen molar-refractivity contribution in [1.82, 2.24) is 0 Å². The number of hydrogen-bond acceptors (Lipinski definition) is 2. The molecule has 0 unspecified atom stereocenters. The molecule has 0 amide bonds. The highest BCUT2D eigenvalue weighted by Gasteiger charge is 2.05. The van der Waals surface area contributed by atoms with Gasteiger partial charge in [0, 0.05) is 10.2 Å². The molecule has 74 valence electrons. The van der Waals surface area contributed by atoms with Crippen LogP contribution in [0, 0.1) is 0 Å². The minimum Gasteiger partial charge on any atom is -0.478 e. The average Bonchev–Trinajstić information content (AvgIpc) is 2.01. The first-order valence-corrected chi connectivity index (χ1v) is 4.79. The summed E-state index contributed by atoms with van der Waals surface area (Å²) >= 11 is 7.82. The summed E-state index contributed by atoms with van der Waals surface area (Å²) in [5, 5.41) is 11.5. The van der Waals surface area contributed by atoms with Crippen molar-refractivity contribution in [1.29, 1.82) is 0 Å². The van der Waals surface area contributed by atoms with Crippen molar-refractivity contribution in [2.24, 2.45) is 5.73 Å². The molecule has 1 aromatic carbocycles. The number of nitrogens with one attached hydrogen (secondary N) is 1. The molecule has 0 atom stereocenters. The van der Waals surface area contributed by atoms with E-state index in [0.717, 1.165) is 0 Å². The highest BCUT2D eigenvalue weighted by Crippen LogP contribution is 2.19. The van der Waals surface area contributed by atoms with E-state index in [0.29, 0.717) is 10.2 Å². The highest BCUT2D eigenvalue weighted by atomic mass is 79.9. The molecular formula is C8H7BrN2O2S. The van der Waals surface area contributed by atoms with E-state index in [-0.39, 0.29) is 10.7 Å². The topological polar surface area (TPSA) is 75.3 Å². The van der Waals surface area contributed by atoms with E-state index in [1.807, 2.05) is 0 Å². The van der Waals surface area contributed by atoms with Crippen molar-refractivity contribution in [3.8, 4) is 0 Å². The molecule has 0 aromatic heterocycles. The fourth-order valence-corrected chi connectivity index (χ4v) is 1.54. The van der Waals surface area contributed by atoms with Crippen LogP contribution in [0.25, 0.3) is 0 Å². The van der Waals surface area contributed by atoms with Crippen LogP contribution in [-0.2, 0) is 0 Å². The molecule has 0 aliphatic rings. The molecule has 0 saturated heterocycles. The largest absolute Gasteiger partial charge is 0.478 e. The van der Waals surface area contributed by atoms with Crippen LogP contribution in [0.4, 0.5) is 5.69 Å². The standard InChI is InChI=1S/C8H7BrN2O2S/c9-5-1-4(7(12)13)2-6(3-5)11-8(10)14/h1-3H,(H,12,13)(H3,10,11,14). The van der Waals surface area contributed by atoms with Gasteiger partial charge in [0.25, 0.3) is 0 Å². The van der Waals surface area contributed by atoms with Gasteiger partial charge in [-0.3, -0.25) is 0 Å². The van der Waals surface area contributed by atoms with E-state index < -0.39 is 5.97 Å². The molecule has 4 N–H and O–H groups in total. The molecule has 0 aliphatic heterocycles. The number of carboxylic acid groups (broad SMARTS) is 1. The summed E-state index contributed by atoms with van der Waals surface area (Å²) in [5.74, 6) is -1.00. The van der Waals surface area contributed by atoms with Gasteiger partial charge in [0.2, 0.25) is 0 Å². The van der Waals surface area contributed by atoms with Crippen LogP contribution < -0.4 is 11.1 Å². The second-order valence-electron chi connectivity index (χ2n) is 2.52. The minimum atomic E-state index is -1.00. The Labute approximate surface area is 94.2 Å². The number of nitrogens with two attached hydrogens (primary N) is 1. The van der Waals surface area contributed by atoms with Crippen molar-refractivity contribution < 1.29 is 9.90 Å². The smallest absolute Gasteiger partial charge is 0.335 e. The number of thiocarbonyl (C=S) groups is 1. The monoisotopic (exact) mass is 274 g/mol. The van der Waals surface area contributed by atoms with Crippen LogP contribution in [0.1, 0.15) is 10.4 Å². The van der Waals surface area contributed by atoms with Crippen LogP contribution in [0.5, 0.6) is 0 Å². The molecule has 14 heavy (non-hydrogen) atoms. The Morgan fingerprint density at radius 3 is 2.64 bits per heavy atom. The molecule has 0 spiro atoms. The van der Waals surface area contributed by atoms with E-state index in [9.17, 15) is 4.79 Å². The lowest BCUT2D eigenvalue weighted by Gasteiger charge is -2.05. The maximum atomic E-state index is 10.7. The summed E-state index contributed by atoms with van der Waals surface area (Å²) < 4.78 is 0.649. The number of anilines is 1. The summed E-state index contributed by atoms with van der Waals surface area (Å²) in [6.45, 7) is 0. The van der Waals surface area contributed by atoms with E-state index in [2.05, 4.69) is 33.5 Å². The molecule has 0 radical (unpaired) electrons. The van der Waals surface area contributed by atoms with Gasteiger partial charge in [0.05, 0.1) is 5.56 Å². The third-order valence-electron chi connectivity index (χ3n) is 1.41. The highest BCUT2D eigenvalue weighted by molar-refractivity contribution is 9.10. The van der Waals surface area contributed by atoms with Gasteiger partial charge in [-0.1, -0.05) is 15.9 Å². The summed E-state index contributed by atoms with van der Waals surface area (Å²) in [6, 6.07) is 4.63. The van der Waals surface area contributed by atoms with Crippen LogP contribution in [0.15, 0.2) is 22.7 Å². The third kappa shape index (κ3) is 2.97. The molecule has 6 heteroatoms. The SMILES string of the molecule is NC(=S)Nc1cc(Br)cc(C(=O)O)c1. The summed E-state index contributed by atoms with van der Waals surface area (Å²) in [4.78, 5) is 10.7. The Morgan fingerprint density at radius 2 is 2.14 bits per heavy atom. The Balaban J connectivity index is 3.07. The zero-order valence-electron chi connectivity index (χ0n) is 6.95. The fraction of sp³-hybridized carbons (Fsp3) is 0. The van der Waals surface area contributed by atoms with E-state index in [4.69, 9.17) is 10.8 Å². The second kappa shape index (κ2) is 4.39. The lowest BCUT2D eigenvalue weighted by molar-refractivity contribution is 0.0697. The van der Waals surface area contributed by atoms with Crippen LogP contribution in [0.3, 0.4) is 0 Å². The van der Waals surface area contributed by atoms with E-state index >= 15 is 0 Å².